The zero-order valence-electron chi connectivity index (χ0n) is 15.0. The molecule has 1 saturated heterocycles. The number of fused-ring (bicyclic) bond motifs is 1. The van der Waals surface area contributed by atoms with Gasteiger partial charge in [0.15, 0.2) is 0 Å². The minimum atomic E-state index is -0.332. The average Bonchev–Trinajstić information content (AvgIpc) is 3.09. The van der Waals surface area contributed by atoms with Crippen molar-refractivity contribution in [1.82, 2.24) is 10.3 Å². The van der Waals surface area contributed by atoms with Crippen molar-refractivity contribution in [2.45, 2.75) is 44.6 Å². The molecule has 2 heterocycles. The molecule has 5 nitrogen and oxygen atoms in total. The van der Waals surface area contributed by atoms with E-state index in [9.17, 15) is 4.79 Å². The molecule has 26 heavy (non-hydrogen) atoms. The summed E-state index contributed by atoms with van der Waals surface area (Å²) in [6, 6.07) is 8.20. The number of nitrogens with zero attached hydrogens (tertiary/aromatic N) is 1. The van der Waals surface area contributed by atoms with Crippen molar-refractivity contribution in [3.8, 4) is 0 Å². The van der Waals surface area contributed by atoms with Crippen molar-refractivity contribution in [3.05, 3.63) is 29.3 Å². The van der Waals surface area contributed by atoms with Gasteiger partial charge in [0.1, 0.15) is 0 Å². The monoisotopic (exact) mass is 374 g/mol. The van der Waals surface area contributed by atoms with Crippen molar-refractivity contribution in [2.24, 2.45) is 5.41 Å². The number of hydrogen-bond donors (Lipinski definition) is 1. The highest BCUT2D eigenvalue weighted by Gasteiger charge is 2.40. The van der Waals surface area contributed by atoms with Crippen LogP contribution in [0, 0.1) is 5.41 Å². The van der Waals surface area contributed by atoms with E-state index >= 15 is 0 Å². The molecule has 2 fully saturated rings. The smallest absolute Gasteiger partial charge is 0.226 e. The number of aromatic nitrogens is 1. The first-order valence-corrected chi connectivity index (χ1v) is 10.4. The summed E-state index contributed by atoms with van der Waals surface area (Å²) >= 11 is 1.72. The highest BCUT2D eigenvalue weighted by molar-refractivity contribution is 7.18. The fraction of sp³-hybridized carbons (Fsp3) is 0.600. The van der Waals surface area contributed by atoms with Crippen LogP contribution in [-0.2, 0) is 20.7 Å². The Labute approximate surface area is 158 Å². The maximum atomic E-state index is 13.2. The quantitative estimate of drug-likeness (QED) is 0.872. The van der Waals surface area contributed by atoms with Gasteiger partial charge in [-0.15, -0.1) is 11.3 Å². The normalized spacial score (nSPS) is 23.0. The number of amides is 1. The number of thiazole rings is 1. The van der Waals surface area contributed by atoms with Gasteiger partial charge in [0.25, 0.3) is 0 Å². The Morgan fingerprint density at radius 2 is 2.08 bits per heavy atom. The molecule has 140 valence electrons. The number of ether oxygens (including phenoxy) is 2. The topological polar surface area (TPSA) is 60.5 Å². The zero-order chi connectivity index (χ0) is 17.8. The summed E-state index contributed by atoms with van der Waals surface area (Å²) in [4.78, 5) is 17.9. The van der Waals surface area contributed by atoms with Crippen molar-refractivity contribution < 1.29 is 14.3 Å². The number of para-hydroxylation sites is 1. The molecular weight excluding hydrogens is 348 g/mol. The Balaban J connectivity index is 1.47. The second kappa shape index (κ2) is 8.03. The number of carbonyl (C=O) groups excluding carboxylic acids is 1. The van der Waals surface area contributed by atoms with Crippen molar-refractivity contribution in [3.63, 3.8) is 0 Å². The maximum Gasteiger partial charge on any atom is 0.226 e. The second-order valence-electron chi connectivity index (χ2n) is 7.37. The fourth-order valence-corrected chi connectivity index (χ4v) is 5.16. The van der Waals surface area contributed by atoms with Gasteiger partial charge in [0.05, 0.1) is 46.6 Å². The van der Waals surface area contributed by atoms with Crippen LogP contribution in [0.15, 0.2) is 24.3 Å². The fourth-order valence-electron chi connectivity index (χ4n) is 4.05. The first-order valence-electron chi connectivity index (χ1n) is 9.57. The molecule has 2 aromatic rings. The maximum absolute atomic E-state index is 13.2. The third kappa shape index (κ3) is 3.92. The minimum absolute atomic E-state index is 0.0317. The highest BCUT2D eigenvalue weighted by Crippen LogP contribution is 2.41. The molecule has 1 aromatic carbocycles. The van der Waals surface area contributed by atoms with Crippen LogP contribution in [0.5, 0.6) is 0 Å². The molecule has 1 saturated carbocycles. The van der Waals surface area contributed by atoms with Crippen LogP contribution in [0.4, 0.5) is 0 Å². The SMILES string of the molecule is O=C(NCC1COCCO1)C1(Cc2nc3ccccc3s2)CCCCC1. The van der Waals surface area contributed by atoms with Gasteiger partial charge < -0.3 is 14.8 Å². The van der Waals surface area contributed by atoms with Crippen LogP contribution >= 0.6 is 11.3 Å². The van der Waals surface area contributed by atoms with E-state index in [1.807, 2.05) is 18.2 Å². The van der Waals surface area contributed by atoms with Crippen LogP contribution in [0.3, 0.4) is 0 Å². The number of benzene rings is 1. The van der Waals surface area contributed by atoms with E-state index in [0.29, 0.717) is 26.4 Å². The third-order valence-electron chi connectivity index (χ3n) is 5.50. The lowest BCUT2D eigenvalue weighted by atomic mass is 9.71. The molecule has 6 heteroatoms. The van der Waals surface area contributed by atoms with Crippen LogP contribution in [-0.4, -0.2) is 43.4 Å². The summed E-state index contributed by atoms with van der Waals surface area (Å²) in [5, 5.41) is 4.22. The van der Waals surface area contributed by atoms with E-state index < -0.39 is 0 Å². The molecule has 4 rings (SSSR count). The first-order chi connectivity index (χ1) is 12.8. The van der Waals surface area contributed by atoms with Gasteiger partial charge >= 0.3 is 0 Å². The average molecular weight is 375 g/mol. The van der Waals surface area contributed by atoms with Crippen molar-refractivity contribution >= 4 is 27.5 Å². The predicted octanol–water partition coefficient (Wildman–Crippen LogP) is 3.32. The Bertz CT molecular complexity index is 715. The van der Waals surface area contributed by atoms with E-state index in [2.05, 4.69) is 11.4 Å². The summed E-state index contributed by atoms with van der Waals surface area (Å²) in [5.74, 6) is 0.158. The van der Waals surface area contributed by atoms with E-state index in [1.165, 1.54) is 11.1 Å². The first kappa shape index (κ1) is 17.9. The molecule has 2 aliphatic rings. The molecule has 1 atom stereocenters. The lowest BCUT2D eigenvalue weighted by Gasteiger charge is -2.36. The second-order valence-corrected chi connectivity index (χ2v) is 8.49. The van der Waals surface area contributed by atoms with Gasteiger partial charge in [-0.3, -0.25) is 4.79 Å². The molecule has 1 aliphatic carbocycles. The molecule has 0 radical (unpaired) electrons. The number of hydrogen-bond acceptors (Lipinski definition) is 5. The van der Waals surface area contributed by atoms with Gasteiger partial charge in [-0.2, -0.15) is 0 Å². The minimum Gasteiger partial charge on any atom is -0.376 e. The summed E-state index contributed by atoms with van der Waals surface area (Å²) in [6.45, 7) is 2.34. The Kier molecular flexibility index (Phi) is 5.52. The van der Waals surface area contributed by atoms with E-state index in [1.54, 1.807) is 11.3 Å². The van der Waals surface area contributed by atoms with Crippen molar-refractivity contribution in [2.75, 3.05) is 26.4 Å². The van der Waals surface area contributed by atoms with Gasteiger partial charge in [-0.05, 0) is 25.0 Å². The van der Waals surface area contributed by atoms with Crippen LogP contribution in [0.25, 0.3) is 10.2 Å². The summed E-state index contributed by atoms with van der Waals surface area (Å²) in [7, 11) is 0. The predicted molar refractivity (Wildman–Crippen MR) is 102 cm³/mol. The molecule has 1 N–H and O–H groups in total. The summed E-state index contributed by atoms with van der Waals surface area (Å²) in [5.41, 5.74) is 0.702. The van der Waals surface area contributed by atoms with E-state index in [4.69, 9.17) is 14.5 Å². The Morgan fingerprint density at radius 1 is 1.23 bits per heavy atom. The summed E-state index contributed by atoms with van der Waals surface area (Å²) < 4.78 is 12.3. The largest absolute Gasteiger partial charge is 0.376 e. The van der Waals surface area contributed by atoms with Gasteiger partial charge in [-0.1, -0.05) is 31.4 Å². The number of nitrogens with one attached hydrogen (secondary N) is 1. The molecule has 1 amide bonds. The lowest BCUT2D eigenvalue weighted by Crippen LogP contribution is -2.48. The molecular formula is C20H26N2O3S. The Hall–Kier alpha value is -1.50. The van der Waals surface area contributed by atoms with Crippen molar-refractivity contribution in [1.29, 1.82) is 0 Å². The van der Waals surface area contributed by atoms with E-state index in [0.717, 1.165) is 42.6 Å². The molecule has 0 spiro atoms. The van der Waals surface area contributed by atoms with E-state index in [-0.39, 0.29) is 17.4 Å². The van der Waals surface area contributed by atoms with Gasteiger partial charge in [0, 0.05) is 13.0 Å². The number of carbonyl (C=O) groups is 1. The van der Waals surface area contributed by atoms with Crippen LogP contribution in [0.2, 0.25) is 0 Å². The summed E-state index contributed by atoms with van der Waals surface area (Å²) in [6.07, 6.45) is 6.03. The van der Waals surface area contributed by atoms with Crippen LogP contribution < -0.4 is 5.32 Å². The molecule has 1 aliphatic heterocycles. The number of rotatable bonds is 5. The van der Waals surface area contributed by atoms with Crippen LogP contribution in [0.1, 0.15) is 37.1 Å². The molecule has 0 bridgehead atoms. The highest BCUT2D eigenvalue weighted by atomic mass is 32.1. The third-order valence-corrected chi connectivity index (χ3v) is 6.53. The lowest BCUT2D eigenvalue weighted by molar-refractivity contribution is -0.135. The van der Waals surface area contributed by atoms with Gasteiger partial charge in [-0.25, -0.2) is 4.98 Å². The molecule has 1 unspecified atom stereocenters. The Morgan fingerprint density at radius 3 is 2.85 bits per heavy atom. The zero-order valence-corrected chi connectivity index (χ0v) is 15.9. The van der Waals surface area contributed by atoms with Gasteiger partial charge in [0.2, 0.25) is 5.91 Å². The standard InChI is InChI=1S/C20H26N2O3S/c23-19(21-13-15-14-24-10-11-25-15)20(8-4-1-5-9-20)12-18-22-16-6-2-3-7-17(16)26-18/h2-3,6-7,15H,1,4-5,8-14H2,(H,21,23). The molecule has 1 aromatic heterocycles.